The van der Waals surface area contributed by atoms with Crippen molar-refractivity contribution in [3.05, 3.63) is 46.6 Å². The maximum absolute atomic E-state index is 12.3. The van der Waals surface area contributed by atoms with Crippen LogP contribution in [0.15, 0.2) is 41.0 Å². The lowest BCUT2D eigenvalue weighted by molar-refractivity contribution is -0.120. The van der Waals surface area contributed by atoms with E-state index in [0.717, 1.165) is 10.0 Å². The third-order valence-corrected chi connectivity index (χ3v) is 5.59. The van der Waals surface area contributed by atoms with E-state index in [1.807, 2.05) is 24.3 Å². The molecule has 1 aliphatic rings. The maximum atomic E-state index is 12.3. The fourth-order valence-corrected chi connectivity index (χ4v) is 3.20. The third-order valence-electron chi connectivity index (χ3n) is 3.96. The van der Waals surface area contributed by atoms with Gasteiger partial charge in [0.1, 0.15) is 10.2 Å². The summed E-state index contributed by atoms with van der Waals surface area (Å²) in [6, 6.07) is 9.70. The molecule has 0 saturated heterocycles. The van der Waals surface area contributed by atoms with Crippen LogP contribution in [0.2, 0.25) is 0 Å². The summed E-state index contributed by atoms with van der Waals surface area (Å²) in [5, 5.41) is 7.11. The van der Waals surface area contributed by atoms with E-state index in [4.69, 9.17) is 23.2 Å². The Kier molecular flexibility index (Phi) is 4.00. The first kappa shape index (κ1) is 15.8. The number of alkyl halides is 2. The minimum absolute atomic E-state index is 0.185. The highest BCUT2D eigenvalue weighted by molar-refractivity contribution is 9.10. The van der Waals surface area contributed by atoms with Crippen molar-refractivity contribution in [2.24, 2.45) is 5.41 Å². The predicted octanol–water partition coefficient (Wildman–Crippen LogP) is 4.22. The molecule has 0 radical (unpaired) electrons. The van der Waals surface area contributed by atoms with Gasteiger partial charge in [-0.25, -0.2) is 4.68 Å². The average molecular weight is 403 g/mol. The fourth-order valence-electron chi connectivity index (χ4n) is 2.23. The van der Waals surface area contributed by atoms with Crippen molar-refractivity contribution in [2.75, 3.05) is 5.32 Å². The number of nitrogens with zero attached hydrogens (tertiary/aromatic N) is 2. The fraction of sp³-hybridized carbons (Fsp3) is 0.333. The molecular weight excluding hydrogens is 389 g/mol. The third kappa shape index (κ3) is 2.90. The van der Waals surface area contributed by atoms with Crippen LogP contribution in [0.1, 0.15) is 18.9 Å². The first-order valence-electron chi connectivity index (χ1n) is 6.77. The van der Waals surface area contributed by atoms with E-state index in [1.165, 1.54) is 0 Å². The zero-order valence-corrected chi connectivity index (χ0v) is 14.9. The molecule has 3 rings (SSSR count). The first-order valence-corrected chi connectivity index (χ1v) is 8.32. The number of nitrogens with one attached hydrogen (secondary N) is 1. The Morgan fingerprint density at radius 3 is 2.59 bits per heavy atom. The second-order valence-electron chi connectivity index (χ2n) is 5.67. The maximum Gasteiger partial charge on any atom is 0.234 e. The van der Waals surface area contributed by atoms with E-state index >= 15 is 0 Å². The summed E-state index contributed by atoms with van der Waals surface area (Å²) in [4.78, 5) is 12.3. The van der Waals surface area contributed by atoms with Gasteiger partial charge in [0, 0.05) is 10.5 Å². The van der Waals surface area contributed by atoms with Gasteiger partial charge in [-0.15, -0.1) is 23.2 Å². The molecule has 1 fully saturated rings. The van der Waals surface area contributed by atoms with Crippen molar-refractivity contribution in [3.63, 3.8) is 0 Å². The Hall–Kier alpha value is -1.04. The van der Waals surface area contributed by atoms with Gasteiger partial charge in [-0.2, -0.15) is 5.10 Å². The van der Waals surface area contributed by atoms with Crippen LogP contribution in [0.4, 0.5) is 5.82 Å². The highest BCUT2D eigenvalue weighted by Gasteiger charge is 2.68. The lowest BCUT2D eigenvalue weighted by Crippen LogP contribution is -2.27. The molecule has 1 atom stereocenters. The topological polar surface area (TPSA) is 46.9 Å². The van der Waals surface area contributed by atoms with E-state index in [9.17, 15) is 4.79 Å². The Labute approximate surface area is 146 Å². The summed E-state index contributed by atoms with van der Waals surface area (Å²) in [5.74, 6) is 0.445. The van der Waals surface area contributed by atoms with Crippen LogP contribution in [-0.4, -0.2) is 20.0 Å². The molecule has 1 amide bonds. The van der Waals surface area contributed by atoms with Gasteiger partial charge in [-0.05, 0) is 31.0 Å². The van der Waals surface area contributed by atoms with E-state index in [1.54, 1.807) is 23.9 Å². The number of hydrogen-bond acceptors (Lipinski definition) is 2. The zero-order valence-electron chi connectivity index (χ0n) is 11.8. The Morgan fingerprint density at radius 1 is 1.36 bits per heavy atom. The summed E-state index contributed by atoms with van der Waals surface area (Å²) in [7, 11) is 0. The average Bonchev–Trinajstić information content (AvgIpc) is 2.79. The van der Waals surface area contributed by atoms with E-state index in [2.05, 4.69) is 26.3 Å². The lowest BCUT2D eigenvalue weighted by atomic mass is 10.1. The number of rotatable bonds is 4. The molecule has 1 saturated carbocycles. The molecule has 1 aromatic heterocycles. The van der Waals surface area contributed by atoms with Gasteiger partial charge in [0.15, 0.2) is 0 Å². The SMILES string of the molecule is CC1(C(=O)Nc2ccnn2Cc2ccc(Br)cc2)CC1(Cl)Cl. The van der Waals surface area contributed by atoms with E-state index in [-0.39, 0.29) is 5.91 Å². The zero-order chi connectivity index (χ0) is 16.0. The minimum atomic E-state index is -0.979. The van der Waals surface area contributed by atoms with Crippen molar-refractivity contribution >= 4 is 50.9 Å². The molecule has 0 aliphatic heterocycles. The van der Waals surface area contributed by atoms with Crippen molar-refractivity contribution in [2.45, 2.75) is 24.2 Å². The number of anilines is 1. The highest BCUT2D eigenvalue weighted by Crippen LogP contribution is 2.64. The number of aromatic nitrogens is 2. The van der Waals surface area contributed by atoms with Crippen LogP contribution in [0, 0.1) is 5.41 Å². The van der Waals surface area contributed by atoms with E-state index < -0.39 is 9.75 Å². The van der Waals surface area contributed by atoms with Crippen molar-refractivity contribution in [3.8, 4) is 0 Å². The standard InChI is InChI=1S/C15H14BrCl2N3O/c1-14(9-15(14,17)18)13(22)20-12-6-7-19-21(12)8-10-2-4-11(16)5-3-10/h2-7H,8-9H2,1H3,(H,20,22). The molecule has 7 heteroatoms. The van der Waals surface area contributed by atoms with Crippen LogP contribution in [0.3, 0.4) is 0 Å². The molecule has 1 aromatic carbocycles. The van der Waals surface area contributed by atoms with Crippen molar-refractivity contribution in [1.82, 2.24) is 9.78 Å². The van der Waals surface area contributed by atoms with Crippen LogP contribution in [0.25, 0.3) is 0 Å². The van der Waals surface area contributed by atoms with Crippen LogP contribution in [0.5, 0.6) is 0 Å². The summed E-state index contributed by atoms with van der Waals surface area (Å²) < 4.78 is 1.78. The molecule has 4 nitrogen and oxygen atoms in total. The molecule has 2 aromatic rings. The normalized spacial score (nSPS) is 22.4. The van der Waals surface area contributed by atoms with Gasteiger partial charge in [0.25, 0.3) is 0 Å². The first-order chi connectivity index (χ1) is 10.3. The largest absolute Gasteiger partial charge is 0.310 e. The smallest absolute Gasteiger partial charge is 0.234 e. The molecular formula is C15H14BrCl2N3O. The number of halogens is 3. The molecule has 1 unspecified atom stereocenters. The van der Waals surface area contributed by atoms with Crippen molar-refractivity contribution in [1.29, 1.82) is 0 Å². The van der Waals surface area contributed by atoms with Gasteiger partial charge in [0.2, 0.25) is 5.91 Å². The summed E-state index contributed by atoms with van der Waals surface area (Å²) >= 11 is 15.5. The number of benzene rings is 1. The summed E-state index contributed by atoms with van der Waals surface area (Å²) in [6.45, 7) is 2.33. The molecule has 1 aliphatic carbocycles. The summed E-state index contributed by atoms with van der Waals surface area (Å²) in [5.41, 5.74) is 0.340. The molecule has 116 valence electrons. The van der Waals surface area contributed by atoms with Crippen LogP contribution in [-0.2, 0) is 11.3 Å². The van der Waals surface area contributed by atoms with Crippen LogP contribution >= 0.6 is 39.1 Å². The Balaban J connectivity index is 1.73. The van der Waals surface area contributed by atoms with Gasteiger partial charge < -0.3 is 5.32 Å². The Bertz CT molecular complexity index is 714. The van der Waals surface area contributed by atoms with Crippen molar-refractivity contribution < 1.29 is 4.79 Å². The monoisotopic (exact) mass is 401 g/mol. The lowest BCUT2D eigenvalue weighted by Gasteiger charge is -2.14. The molecule has 22 heavy (non-hydrogen) atoms. The minimum Gasteiger partial charge on any atom is -0.310 e. The molecule has 0 bridgehead atoms. The second-order valence-corrected chi connectivity index (χ2v) is 8.07. The van der Waals surface area contributed by atoms with Gasteiger partial charge in [-0.3, -0.25) is 4.79 Å². The molecule has 1 N–H and O–H groups in total. The number of carbonyl (C=O) groups excluding carboxylic acids is 1. The predicted molar refractivity (Wildman–Crippen MR) is 91.3 cm³/mol. The summed E-state index contributed by atoms with van der Waals surface area (Å²) in [6.07, 6.45) is 2.11. The number of carbonyl (C=O) groups is 1. The quantitative estimate of drug-likeness (QED) is 0.778. The molecule has 0 spiro atoms. The van der Waals surface area contributed by atoms with Gasteiger partial charge >= 0.3 is 0 Å². The second kappa shape index (κ2) is 5.55. The van der Waals surface area contributed by atoms with E-state index in [0.29, 0.717) is 18.8 Å². The highest BCUT2D eigenvalue weighted by atomic mass is 79.9. The van der Waals surface area contributed by atoms with Gasteiger partial charge in [-0.1, -0.05) is 28.1 Å². The molecule has 1 heterocycles. The number of amides is 1. The van der Waals surface area contributed by atoms with Gasteiger partial charge in [0.05, 0.1) is 18.2 Å². The number of hydrogen-bond donors (Lipinski definition) is 1. The van der Waals surface area contributed by atoms with Crippen LogP contribution < -0.4 is 5.32 Å². The Morgan fingerprint density at radius 2 is 2.00 bits per heavy atom.